The molecule has 1 fully saturated rings. The molecule has 5 heteroatoms. The molecule has 1 saturated heterocycles. The molecule has 0 aromatic carbocycles. The van der Waals surface area contributed by atoms with Gasteiger partial charge in [0.05, 0.1) is 11.3 Å². The van der Waals surface area contributed by atoms with Crippen molar-refractivity contribution in [1.82, 2.24) is 4.98 Å². The summed E-state index contributed by atoms with van der Waals surface area (Å²) in [5, 5.41) is 8.85. The SMILES string of the molecule is Nc1cc(C(=O)O)cnc1N1CCCCCC1. The van der Waals surface area contributed by atoms with Gasteiger partial charge >= 0.3 is 5.97 Å². The number of nitrogens with zero attached hydrogens (tertiary/aromatic N) is 2. The van der Waals surface area contributed by atoms with E-state index in [0.29, 0.717) is 5.69 Å². The minimum atomic E-state index is -0.994. The maximum atomic E-state index is 10.8. The van der Waals surface area contributed by atoms with Gasteiger partial charge in [-0.25, -0.2) is 9.78 Å². The molecular formula is C12H17N3O2. The summed E-state index contributed by atoms with van der Waals surface area (Å²) in [5.41, 5.74) is 6.46. The third kappa shape index (κ3) is 2.67. The molecule has 2 heterocycles. The lowest BCUT2D eigenvalue weighted by Gasteiger charge is -2.22. The molecule has 1 aliphatic heterocycles. The van der Waals surface area contributed by atoms with Crippen LogP contribution in [0.15, 0.2) is 12.3 Å². The average Bonchev–Trinajstić information content (AvgIpc) is 2.57. The number of pyridine rings is 1. The van der Waals surface area contributed by atoms with Gasteiger partial charge in [-0.2, -0.15) is 0 Å². The largest absolute Gasteiger partial charge is 0.478 e. The highest BCUT2D eigenvalue weighted by Gasteiger charge is 2.15. The van der Waals surface area contributed by atoms with Crippen molar-refractivity contribution < 1.29 is 9.90 Å². The van der Waals surface area contributed by atoms with Crippen LogP contribution < -0.4 is 10.6 Å². The molecule has 0 spiro atoms. The van der Waals surface area contributed by atoms with Crippen LogP contribution in [-0.4, -0.2) is 29.1 Å². The van der Waals surface area contributed by atoms with Gasteiger partial charge in [0, 0.05) is 19.3 Å². The number of carbonyl (C=O) groups is 1. The molecule has 0 unspecified atom stereocenters. The van der Waals surface area contributed by atoms with E-state index in [-0.39, 0.29) is 5.56 Å². The summed E-state index contributed by atoms with van der Waals surface area (Å²) in [4.78, 5) is 17.1. The van der Waals surface area contributed by atoms with E-state index in [9.17, 15) is 4.79 Å². The summed E-state index contributed by atoms with van der Waals surface area (Å²) in [6, 6.07) is 1.48. The number of hydrogen-bond donors (Lipinski definition) is 2. The van der Waals surface area contributed by atoms with Gasteiger partial charge in [0.25, 0.3) is 0 Å². The van der Waals surface area contributed by atoms with Crippen molar-refractivity contribution in [3.8, 4) is 0 Å². The van der Waals surface area contributed by atoms with Crippen LogP contribution in [-0.2, 0) is 0 Å². The van der Waals surface area contributed by atoms with Gasteiger partial charge in [0.2, 0.25) is 0 Å². The predicted molar refractivity (Wildman–Crippen MR) is 66.3 cm³/mol. The second-order valence-electron chi connectivity index (χ2n) is 4.34. The van der Waals surface area contributed by atoms with Crippen molar-refractivity contribution in [3.05, 3.63) is 17.8 Å². The van der Waals surface area contributed by atoms with Gasteiger partial charge in [-0.1, -0.05) is 12.8 Å². The Morgan fingerprint density at radius 3 is 2.47 bits per heavy atom. The highest BCUT2D eigenvalue weighted by molar-refractivity contribution is 5.89. The zero-order chi connectivity index (χ0) is 12.3. The van der Waals surface area contributed by atoms with Crippen molar-refractivity contribution in [3.63, 3.8) is 0 Å². The van der Waals surface area contributed by atoms with Crippen molar-refractivity contribution >= 4 is 17.5 Å². The van der Waals surface area contributed by atoms with E-state index in [4.69, 9.17) is 10.8 Å². The molecule has 1 aromatic rings. The molecular weight excluding hydrogens is 218 g/mol. The van der Waals surface area contributed by atoms with Gasteiger partial charge in [-0.3, -0.25) is 0 Å². The lowest BCUT2D eigenvalue weighted by Crippen LogP contribution is -2.26. The van der Waals surface area contributed by atoms with Crippen LogP contribution in [0.2, 0.25) is 0 Å². The fourth-order valence-electron chi connectivity index (χ4n) is 2.14. The highest BCUT2D eigenvalue weighted by Crippen LogP contribution is 2.24. The van der Waals surface area contributed by atoms with Crippen LogP contribution in [0.3, 0.4) is 0 Å². The first-order valence-electron chi connectivity index (χ1n) is 5.92. The van der Waals surface area contributed by atoms with Crippen LogP contribution in [0.4, 0.5) is 11.5 Å². The lowest BCUT2D eigenvalue weighted by molar-refractivity contribution is 0.0696. The van der Waals surface area contributed by atoms with Gasteiger partial charge in [0.1, 0.15) is 0 Å². The quantitative estimate of drug-likeness (QED) is 0.816. The van der Waals surface area contributed by atoms with Crippen LogP contribution in [0, 0.1) is 0 Å². The first kappa shape index (κ1) is 11.7. The normalized spacial score (nSPS) is 16.6. The minimum absolute atomic E-state index is 0.140. The molecule has 5 nitrogen and oxygen atoms in total. The third-order valence-corrected chi connectivity index (χ3v) is 3.05. The number of aromatic nitrogens is 1. The molecule has 0 atom stereocenters. The molecule has 1 aliphatic rings. The monoisotopic (exact) mass is 235 g/mol. The number of nitrogen functional groups attached to an aromatic ring is 1. The fraction of sp³-hybridized carbons (Fsp3) is 0.500. The zero-order valence-electron chi connectivity index (χ0n) is 9.72. The van der Waals surface area contributed by atoms with E-state index < -0.39 is 5.97 Å². The molecule has 17 heavy (non-hydrogen) atoms. The lowest BCUT2D eigenvalue weighted by atomic mass is 10.2. The summed E-state index contributed by atoms with van der Waals surface area (Å²) in [6.45, 7) is 1.90. The summed E-state index contributed by atoms with van der Waals surface area (Å²) in [5.74, 6) is -0.275. The summed E-state index contributed by atoms with van der Waals surface area (Å²) in [7, 11) is 0. The Morgan fingerprint density at radius 2 is 1.94 bits per heavy atom. The number of carboxylic acids is 1. The van der Waals surface area contributed by atoms with Gasteiger partial charge in [-0.15, -0.1) is 0 Å². The number of aromatic carboxylic acids is 1. The van der Waals surface area contributed by atoms with Gasteiger partial charge < -0.3 is 15.7 Å². The molecule has 3 N–H and O–H groups in total. The molecule has 1 aromatic heterocycles. The molecule has 0 aliphatic carbocycles. The van der Waals surface area contributed by atoms with Crippen molar-refractivity contribution in [1.29, 1.82) is 0 Å². The predicted octanol–water partition coefficient (Wildman–Crippen LogP) is 1.74. The van der Waals surface area contributed by atoms with Crippen LogP contribution in [0.1, 0.15) is 36.0 Å². The number of nitrogens with two attached hydrogens (primary N) is 1. The maximum Gasteiger partial charge on any atom is 0.337 e. The highest BCUT2D eigenvalue weighted by atomic mass is 16.4. The van der Waals surface area contributed by atoms with Crippen LogP contribution >= 0.6 is 0 Å². The van der Waals surface area contributed by atoms with Crippen molar-refractivity contribution in [2.45, 2.75) is 25.7 Å². The van der Waals surface area contributed by atoms with Crippen molar-refractivity contribution in [2.24, 2.45) is 0 Å². The second kappa shape index (κ2) is 5.03. The summed E-state index contributed by atoms with van der Waals surface area (Å²) >= 11 is 0. The zero-order valence-corrected chi connectivity index (χ0v) is 9.72. The van der Waals surface area contributed by atoms with E-state index in [1.54, 1.807) is 0 Å². The standard InChI is InChI=1S/C12H17N3O2/c13-10-7-9(12(16)17)8-14-11(10)15-5-3-1-2-4-6-15/h7-8H,1-6,13H2,(H,16,17). The van der Waals surface area contributed by atoms with E-state index in [1.165, 1.54) is 25.1 Å². The molecule has 2 rings (SSSR count). The van der Waals surface area contributed by atoms with Crippen LogP contribution in [0.5, 0.6) is 0 Å². The topological polar surface area (TPSA) is 79.5 Å². The molecule has 0 amide bonds. The molecule has 92 valence electrons. The Kier molecular flexibility index (Phi) is 3.46. The second-order valence-corrected chi connectivity index (χ2v) is 4.34. The van der Waals surface area contributed by atoms with Crippen molar-refractivity contribution in [2.75, 3.05) is 23.7 Å². The number of hydrogen-bond acceptors (Lipinski definition) is 4. The third-order valence-electron chi connectivity index (χ3n) is 3.05. The number of carboxylic acid groups (broad SMARTS) is 1. The van der Waals surface area contributed by atoms with E-state index in [0.717, 1.165) is 31.7 Å². The van der Waals surface area contributed by atoms with Crippen LogP contribution in [0.25, 0.3) is 0 Å². The number of rotatable bonds is 2. The summed E-state index contributed by atoms with van der Waals surface area (Å²) in [6.07, 6.45) is 6.13. The Balaban J connectivity index is 2.22. The minimum Gasteiger partial charge on any atom is -0.478 e. The summed E-state index contributed by atoms with van der Waals surface area (Å²) < 4.78 is 0. The number of anilines is 2. The first-order chi connectivity index (χ1) is 8.18. The van der Waals surface area contributed by atoms with E-state index in [1.807, 2.05) is 0 Å². The smallest absolute Gasteiger partial charge is 0.337 e. The molecule has 0 radical (unpaired) electrons. The Hall–Kier alpha value is -1.78. The van der Waals surface area contributed by atoms with E-state index in [2.05, 4.69) is 9.88 Å². The Morgan fingerprint density at radius 1 is 1.29 bits per heavy atom. The maximum absolute atomic E-state index is 10.8. The first-order valence-corrected chi connectivity index (χ1v) is 5.92. The molecule has 0 saturated carbocycles. The Bertz CT molecular complexity index is 412. The average molecular weight is 235 g/mol. The fourth-order valence-corrected chi connectivity index (χ4v) is 2.14. The van der Waals surface area contributed by atoms with Gasteiger partial charge in [0.15, 0.2) is 5.82 Å². The van der Waals surface area contributed by atoms with Gasteiger partial charge in [-0.05, 0) is 18.9 Å². The molecule has 0 bridgehead atoms. The van der Waals surface area contributed by atoms with E-state index >= 15 is 0 Å². The Labute approximate surface area is 100 Å².